The predicted octanol–water partition coefficient (Wildman–Crippen LogP) is 2.90. The second kappa shape index (κ2) is 8.04. The van der Waals surface area contributed by atoms with Crippen LogP contribution in [0.25, 0.3) is 0 Å². The van der Waals surface area contributed by atoms with Gasteiger partial charge in [0.15, 0.2) is 0 Å². The van der Waals surface area contributed by atoms with Gasteiger partial charge in [-0.3, -0.25) is 0 Å². The second-order valence-electron chi connectivity index (χ2n) is 6.22. The quantitative estimate of drug-likeness (QED) is 0.578. The molecule has 0 aliphatic heterocycles. The molecule has 0 aliphatic carbocycles. The zero-order valence-corrected chi connectivity index (χ0v) is 18.8. The van der Waals surface area contributed by atoms with Crippen molar-refractivity contribution in [3.05, 3.63) is 74.7 Å². The molecule has 3 rings (SSSR count). The van der Waals surface area contributed by atoms with Crippen LogP contribution in [0.15, 0.2) is 57.2 Å². The Morgan fingerprint density at radius 1 is 1.08 bits per heavy atom. The van der Waals surface area contributed by atoms with Gasteiger partial charge in [0.05, 0.1) is 0 Å². The van der Waals surface area contributed by atoms with Crippen LogP contribution < -0.4 is 14.4 Å². The van der Waals surface area contributed by atoms with E-state index in [2.05, 4.69) is 32.0 Å². The first kappa shape index (κ1) is 19.3. The molecule has 1 aromatic heterocycles. The predicted molar refractivity (Wildman–Crippen MR) is 112 cm³/mol. The molecule has 0 aliphatic rings. The summed E-state index contributed by atoms with van der Waals surface area (Å²) in [5.74, 6) is 0. The zero-order valence-electron chi connectivity index (χ0n) is 15.1. The van der Waals surface area contributed by atoms with Crippen molar-refractivity contribution < 1.29 is 0 Å². The van der Waals surface area contributed by atoms with Crippen molar-refractivity contribution in [1.29, 1.82) is 0 Å². The van der Waals surface area contributed by atoms with E-state index in [-0.39, 0.29) is 5.56 Å². The van der Waals surface area contributed by atoms with Crippen LogP contribution in [0.2, 0.25) is 5.02 Å². The number of aromatic nitrogens is 2. The number of nitrogens with zero attached hydrogens (tertiary/aromatic N) is 2. The molecule has 26 heavy (non-hydrogen) atoms. The van der Waals surface area contributed by atoms with Crippen LogP contribution in [0.3, 0.4) is 0 Å². The van der Waals surface area contributed by atoms with Crippen LogP contribution >= 0.6 is 23.4 Å². The van der Waals surface area contributed by atoms with E-state index in [1.807, 2.05) is 38.2 Å². The van der Waals surface area contributed by atoms with Crippen molar-refractivity contribution in [1.82, 2.24) is 9.55 Å². The molecule has 0 N–H and O–H groups in total. The van der Waals surface area contributed by atoms with Crippen LogP contribution in [-0.2, 0) is 7.05 Å². The van der Waals surface area contributed by atoms with E-state index in [0.29, 0.717) is 9.50 Å². The third-order valence-corrected chi connectivity index (χ3v) is 8.17. The minimum atomic E-state index is -0.815. The molecule has 0 saturated carbocycles. The van der Waals surface area contributed by atoms with Crippen molar-refractivity contribution in [2.75, 3.05) is 0 Å². The van der Waals surface area contributed by atoms with Crippen LogP contribution in [0.5, 0.6) is 0 Å². The van der Waals surface area contributed by atoms with E-state index in [1.54, 1.807) is 16.3 Å². The first-order valence-corrected chi connectivity index (χ1v) is 11.5. The summed E-state index contributed by atoms with van der Waals surface area (Å²) in [4.78, 5) is 18.6. The molecule has 0 spiro atoms. The summed E-state index contributed by atoms with van der Waals surface area (Å²) in [6.45, 7) is 6.15. The average molecular weight is 447 g/mol. The monoisotopic (exact) mass is 446 g/mol. The Labute approximate surface area is 169 Å². The molecular formula is C20H20AsClN2OS. The SMILES string of the molecule is Cc1ccc(Sc2nc([AsH]c3ccc(Cl)cc3)c(=O)n(C)c2C)c(C)c1. The molecule has 1 heterocycles. The van der Waals surface area contributed by atoms with Crippen molar-refractivity contribution in [2.24, 2.45) is 7.05 Å². The van der Waals surface area contributed by atoms with Crippen LogP contribution in [-0.4, -0.2) is 25.3 Å². The van der Waals surface area contributed by atoms with Gasteiger partial charge < -0.3 is 0 Å². The maximum absolute atomic E-state index is 12.7. The van der Waals surface area contributed by atoms with Gasteiger partial charge in [0, 0.05) is 0 Å². The van der Waals surface area contributed by atoms with Gasteiger partial charge >= 0.3 is 170 Å². The van der Waals surface area contributed by atoms with Gasteiger partial charge in [0.1, 0.15) is 0 Å². The molecular weight excluding hydrogens is 427 g/mol. The fourth-order valence-corrected chi connectivity index (χ4v) is 6.03. The summed E-state index contributed by atoms with van der Waals surface area (Å²) in [6, 6.07) is 14.1. The Bertz CT molecular complexity index is 1020. The van der Waals surface area contributed by atoms with E-state index in [9.17, 15) is 4.79 Å². The second-order valence-corrected chi connectivity index (χ2v) is 10.4. The molecule has 2 aromatic carbocycles. The number of halogens is 1. The number of hydrogen-bond donors (Lipinski definition) is 0. The van der Waals surface area contributed by atoms with Crippen molar-refractivity contribution in [3.8, 4) is 0 Å². The van der Waals surface area contributed by atoms with Gasteiger partial charge in [-0.05, 0) is 0 Å². The summed E-state index contributed by atoms with van der Waals surface area (Å²) >= 11 is 6.78. The van der Waals surface area contributed by atoms with Gasteiger partial charge in [-0.1, -0.05) is 0 Å². The summed E-state index contributed by atoms with van der Waals surface area (Å²) in [6.07, 6.45) is 0. The fraction of sp³-hybridized carbons (Fsp3) is 0.200. The normalized spacial score (nSPS) is 11.4. The molecule has 0 fully saturated rings. The number of aryl methyl sites for hydroxylation is 2. The molecule has 3 nitrogen and oxygen atoms in total. The van der Waals surface area contributed by atoms with Gasteiger partial charge in [-0.15, -0.1) is 0 Å². The van der Waals surface area contributed by atoms with Gasteiger partial charge in [0.25, 0.3) is 0 Å². The fourth-order valence-electron chi connectivity index (χ4n) is 2.55. The average Bonchev–Trinajstić information content (AvgIpc) is 2.61. The summed E-state index contributed by atoms with van der Waals surface area (Å²) < 4.78 is 3.53. The third kappa shape index (κ3) is 4.25. The minimum absolute atomic E-state index is 0.00225. The number of benzene rings is 2. The number of hydrogen-bond acceptors (Lipinski definition) is 3. The summed E-state index contributed by atoms with van der Waals surface area (Å²) in [5, 5.41) is 1.60. The van der Waals surface area contributed by atoms with E-state index in [4.69, 9.17) is 16.6 Å². The van der Waals surface area contributed by atoms with Gasteiger partial charge in [-0.2, -0.15) is 0 Å². The Kier molecular flexibility index (Phi) is 5.96. The summed E-state index contributed by atoms with van der Waals surface area (Å²) in [7, 11) is 1.82. The molecule has 1 atom stereocenters. The number of rotatable bonds is 4. The van der Waals surface area contributed by atoms with E-state index in [1.165, 1.54) is 16.0 Å². The summed E-state index contributed by atoms with van der Waals surface area (Å²) in [5.41, 5.74) is 3.36. The molecule has 1 unspecified atom stereocenters. The molecule has 0 amide bonds. The Morgan fingerprint density at radius 2 is 1.77 bits per heavy atom. The Hall–Kier alpha value is -1.48. The maximum atomic E-state index is 12.7. The van der Waals surface area contributed by atoms with E-state index >= 15 is 0 Å². The van der Waals surface area contributed by atoms with Crippen molar-refractivity contribution in [3.63, 3.8) is 0 Å². The zero-order chi connectivity index (χ0) is 18.8. The van der Waals surface area contributed by atoms with E-state index < -0.39 is 15.8 Å². The van der Waals surface area contributed by atoms with Gasteiger partial charge in [-0.25, -0.2) is 0 Å². The Morgan fingerprint density at radius 3 is 2.42 bits per heavy atom. The molecule has 6 heteroatoms. The molecule has 0 bridgehead atoms. The van der Waals surface area contributed by atoms with Crippen LogP contribution in [0.1, 0.15) is 16.8 Å². The van der Waals surface area contributed by atoms with Crippen molar-refractivity contribution >= 4 is 47.9 Å². The van der Waals surface area contributed by atoms with Crippen molar-refractivity contribution in [2.45, 2.75) is 30.7 Å². The Balaban J connectivity index is 1.99. The molecule has 3 aromatic rings. The first-order chi connectivity index (χ1) is 12.3. The molecule has 0 saturated heterocycles. The topological polar surface area (TPSA) is 34.9 Å². The van der Waals surface area contributed by atoms with Gasteiger partial charge in [0.2, 0.25) is 0 Å². The third-order valence-electron chi connectivity index (χ3n) is 4.18. The van der Waals surface area contributed by atoms with E-state index in [0.717, 1.165) is 15.1 Å². The van der Waals surface area contributed by atoms with Crippen LogP contribution in [0.4, 0.5) is 0 Å². The standard InChI is InChI=1S/C20H20AsClN2OS/c1-12-5-10-17(13(2)11-12)26-19-14(3)24(4)20(25)18(23-19)21-15-6-8-16(22)9-7-15/h5-11,21H,1-4H3. The molecule has 0 radical (unpaired) electrons. The molecule has 134 valence electrons. The first-order valence-electron chi connectivity index (χ1n) is 8.20. The van der Waals surface area contributed by atoms with Crippen LogP contribution in [0, 0.1) is 20.8 Å².